The van der Waals surface area contributed by atoms with Crippen LogP contribution in [-0.4, -0.2) is 65.5 Å². The molecule has 1 fully saturated rings. The Bertz CT molecular complexity index is 1070. The zero-order chi connectivity index (χ0) is 26.2. The van der Waals surface area contributed by atoms with Gasteiger partial charge in [-0.25, -0.2) is 4.79 Å². The number of rotatable bonds is 9. The van der Waals surface area contributed by atoms with E-state index in [1.807, 2.05) is 6.92 Å². The van der Waals surface area contributed by atoms with E-state index in [-0.39, 0.29) is 29.7 Å². The van der Waals surface area contributed by atoms with Gasteiger partial charge in [-0.05, 0) is 49.2 Å². The highest BCUT2D eigenvalue weighted by Crippen LogP contribution is 2.28. The molecule has 1 aliphatic heterocycles. The Morgan fingerprint density at radius 2 is 2.00 bits per heavy atom. The lowest BCUT2D eigenvalue weighted by molar-refractivity contribution is -0.210. The average molecular weight is 542 g/mol. The second-order valence-electron chi connectivity index (χ2n) is 8.19. The zero-order valence-corrected chi connectivity index (χ0v) is 21.2. The molecule has 2 aromatic carbocycles. The van der Waals surface area contributed by atoms with Gasteiger partial charge in [0.05, 0.1) is 29.0 Å². The van der Waals surface area contributed by atoms with Crippen molar-refractivity contribution in [3.8, 4) is 5.75 Å². The van der Waals surface area contributed by atoms with Crippen LogP contribution >= 0.6 is 23.2 Å². The Balaban J connectivity index is 1.68. The second kappa shape index (κ2) is 13.0. The van der Waals surface area contributed by atoms with Crippen LogP contribution in [-0.2, 0) is 9.47 Å². The third kappa shape index (κ3) is 7.37. The van der Waals surface area contributed by atoms with E-state index in [1.54, 1.807) is 18.2 Å². The van der Waals surface area contributed by atoms with Crippen LogP contribution in [0.3, 0.4) is 0 Å². The standard InChI is InChI=1S/C24H29Cl2N3O7/c1-2-9-29(24(33)36-22-8-6-19(31)21(12-30)35-22)13-34-20-7-3-14(25)10-16(20)23(32)28-18-5-4-15(27)11-17(18)26/h3-5,7,10-11,19,21-22,30-31H,2,6,8-9,12-13,27H2,1H3,(H,28,32)/t19-,21?,22?/m0/s1. The molecule has 0 spiro atoms. The summed E-state index contributed by atoms with van der Waals surface area (Å²) in [4.78, 5) is 27.1. The van der Waals surface area contributed by atoms with E-state index in [2.05, 4.69) is 5.32 Å². The minimum absolute atomic E-state index is 0.135. The predicted octanol–water partition coefficient (Wildman–Crippen LogP) is 3.87. The first-order chi connectivity index (χ1) is 17.2. The number of hydrogen-bond donors (Lipinski definition) is 4. The molecule has 0 bridgehead atoms. The number of nitrogens with zero attached hydrogens (tertiary/aromatic N) is 1. The number of aliphatic hydroxyl groups is 2. The summed E-state index contributed by atoms with van der Waals surface area (Å²) in [5.74, 6) is -0.331. The largest absolute Gasteiger partial charge is 0.472 e. The summed E-state index contributed by atoms with van der Waals surface area (Å²) < 4.78 is 16.7. The van der Waals surface area contributed by atoms with E-state index in [0.717, 1.165) is 0 Å². The molecule has 2 amide bonds. The zero-order valence-electron chi connectivity index (χ0n) is 19.7. The third-order valence-corrected chi connectivity index (χ3v) is 5.97. The molecule has 2 aromatic rings. The molecule has 5 N–H and O–H groups in total. The summed E-state index contributed by atoms with van der Waals surface area (Å²) in [6.45, 7) is 1.59. The highest BCUT2D eigenvalue weighted by atomic mass is 35.5. The van der Waals surface area contributed by atoms with E-state index in [4.69, 9.17) is 43.1 Å². The average Bonchev–Trinajstić information content (AvgIpc) is 2.85. The van der Waals surface area contributed by atoms with E-state index < -0.39 is 30.5 Å². The molecule has 12 heteroatoms. The van der Waals surface area contributed by atoms with Crippen LogP contribution in [0.4, 0.5) is 16.2 Å². The first kappa shape index (κ1) is 27.8. The highest BCUT2D eigenvalue weighted by molar-refractivity contribution is 6.34. The third-order valence-electron chi connectivity index (χ3n) is 5.42. The fourth-order valence-electron chi connectivity index (χ4n) is 3.54. The van der Waals surface area contributed by atoms with Crippen molar-refractivity contribution in [1.29, 1.82) is 0 Å². The molecule has 1 saturated heterocycles. The fourth-order valence-corrected chi connectivity index (χ4v) is 3.95. The quantitative estimate of drug-likeness (QED) is 0.276. The van der Waals surface area contributed by atoms with Crippen molar-refractivity contribution in [1.82, 2.24) is 4.90 Å². The molecule has 0 aromatic heterocycles. The molecule has 196 valence electrons. The van der Waals surface area contributed by atoms with Gasteiger partial charge in [0.15, 0.2) is 6.73 Å². The molecule has 0 aliphatic carbocycles. The van der Waals surface area contributed by atoms with Crippen molar-refractivity contribution < 1.29 is 34.0 Å². The molecule has 0 radical (unpaired) electrons. The first-order valence-electron chi connectivity index (χ1n) is 11.4. The molecule has 0 saturated carbocycles. The highest BCUT2D eigenvalue weighted by Gasteiger charge is 2.32. The van der Waals surface area contributed by atoms with Crippen molar-refractivity contribution in [3.63, 3.8) is 0 Å². The Hall–Kier alpha value is -2.76. The Labute approximate surface area is 218 Å². The van der Waals surface area contributed by atoms with Gasteiger partial charge in [0, 0.05) is 23.7 Å². The number of benzene rings is 2. The summed E-state index contributed by atoms with van der Waals surface area (Å²) in [5, 5.41) is 22.4. The molecular formula is C24H29Cl2N3O7. The van der Waals surface area contributed by atoms with Crippen LogP contribution in [0.25, 0.3) is 0 Å². The van der Waals surface area contributed by atoms with Crippen molar-refractivity contribution in [2.45, 2.75) is 44.7 Å². The fraction of sp³-hybridized carbons (Fsp3) is 0.417. The topological polar surface area (TPSA) is 144 Å². The van der Waals surface area contributed by atoms with Crippen LogP contribution in [0.1, 0.15) is 36.5 Å². The van der Waals surface area contributed by atoms with Crippen LogP contribution in [0.5, 0.6) is 5.75 Å². The number of amides is 2. The second-order valence-corrected chi connectivity index (χ2v) is 9.03. The molecular weight excluding hydrogens is 513 g/mol. The predicted molar refractivity (Wildman–Crippen MR) is 135 cm³/mol. The lowest BCUT2D eigenvalue weighted by Gasteiger charge is -2.33. The van der Waals surface area contributed by atoms with Crippen molar-refractivity contribution in [3.05, 3.63) is 52.0 Å². The number of nitrogens with two attached hydrogens (primary N) is 1. The maximum Gasteiger partial charge on any atom is 0.414 e. The monoisotopic (exact) mass is 541 g/mol. The summed E-state index contributed by atoms with van der Waals surface area (Å²) >= 11 is 12.3. The number of aliphatic hydroxyl groups excluding tert-OH is 2. The molecule has 2 unspecified atom stereocenters. The summed E-state index contributed by atoms with van der Waals surface area (Å²) in [5.41, 5.74) is 6.65. The van der Waals surface area contributed by atoms with Gasteiger partial charge in [-0.15, -0.1) is 0 Å². The molecule has 36 heavy (non-hydrogen) atoms. The normalized spacial score (nSPS) is 19.4. The molecule has 3 atom stereocenters. The number of carbonyl (C=O) groups is 2. The minimum Gasteiger partial charge on any atom is -0.472 e. The SMILES string of the molecule is CCCN(COc1ccc(Cl)cc1C(=O)Nc1ccc(N)cc1Cl)C(=O)OC1CC[C@H](O)C(CO)O1. The summed E-state index contributed by atoms with van der Waals surface area (Å²) in [6, 6.07) is 9.21. The smallest absolute Gasteiger partial charge is 0.414 e. The van der Waals surface area contributed by atoms with E-state index in [0.29, 0.717) is 42.2 Å². The number of anilines is 2. The number of ether oxygens (including phenoxy) is 3. The maximum absolute atomic E-state index is 13.0. The Morgan fingerprint density at radius 1 is 1.22 bits per heavy atom. The van der Waals surface area contributed by atoms with Crippen molar-refractivity contribution in [2.24, 2.45) is 0 Å². The number of halogens is 2. The molecule has 3 rings (SSSR count). The van der Waals surface area contributed by atoms with Crippen LogP contribution in [0.15, 0.2) is 36.4 Å². The van der Waals surface area contributed by atoms with Crippen molar-refractivity contribution in [2.75, 3.05) is 30.9 Å². The van der Waals surface area contributed by atoms with Crippen LogP contribution < -0.4 is 15.8 Å². The van der Waals surface area contributed by atoms with Crippen molar-refractivity contribution >= 4 is 46.6 Å². The molecule has 1 heterocycles. The lowest BCUT2D eigenvalue weighted by Crippen LogP contribution is -2.45. The summed E-state index contributed by atoms with van der Waals surface area (Å²) in [7, 11) is 0. The van der Waals surface area contributed by atoms with E-state index >= 15 is 0 Å². The molecule has 1 aliphatic rings. The van der Waals surface area contributed by atoms with Gasteiger partial charge in [-0.1, -0.05) is 30.1 Å². The summed E-state index contributed by atoms with van der Waals surface area (Å²) in [6.07, 6.45) is -2.00. The Morgan fingerprint density at radius 3 is 2.69 bits per heavy atom. The van der Waals surface area contributed by atoms with Crippen LogP contribution in [0.2, 0.25) is 10.0 Å². The van der Waals surface area contributed by atoms with Crippen LogP contribution in [0, 0.1) is 0 Å². The maximum atomic E-state index is 13.0. The van der Waals surface area contributed by atoms with E-state index in [9.17, 15) is 19.8 Å². The number of nitrogen functional groups attached to an aromatic ring is 1. The van der Waals surface area contributed by atoms with Gasteiger partial charge < -0.3 is 35.5 Å². The van der Waals surface area contributed by atoms with Gasteiger partial charge in [0.25, 0.3) is 5.91 Å². The van der Waals surface area contributed by atoms with Gasteiger partial charge >= 0.3 is 6.09 Å². The van der Waals surface area contributed by atoms with Gasteiger partial charge in [0.2, 0.25) is 6.29 Å². The van der Waals surface area contributed by atoms with Gasteiger partial charge in [-0.2, -0.15) is 0 Å². The Kier molecular flexibility index (Phi) is 10.0. The lowest BCUT2D eigenvalue weighted by atomic mass is 10.1. The molecule has 10 nitrogen and oxygen atoms in total. The first-order valence-corrected chi connectivity index (χ1v) is 12.2. The number of nitrogens with one attached hydrogen (secondary N) is 1. The number of hydrogen-bond acceptors (Lipinski definition) is 8. The van der Waals surface area contributed by atoms with Gasteiger partial charge in [-0.3, -0.25) is 9.69 Å². The minimum atomic E-state index is -0.904. The van der Waals surface area contributed by atoms with Gasteiger partial charge in [0.1, 0.15) is 11.9 Å². The number of carbonyl (C=O) groups excluding carboxylic acids is 2. The van der Waals surface area contributed by atoms with E-state index in [1.165, 1.54) is 23.1 Å².